The van der Waals surface area contributed by atoms with Crippen LogP contribution in [-0.4, -0.2) is 31.9 Å². The van der Waals surface area contributed by atoms with Crippen LogP contribution in [0.2, 0.25) is 0 Å². The Labute approximate surface area is 183 Å². The van der Waals surface area contributed by atoms with Gasteiger partial charge in [-0.1, -0.05) is 24.6 Å². The molecule has 0 saturated carbocycles. The van der Waals surface area contributed by atoms with Crippen LogP contribution < -0.4 is 10.1 Å². The largest absolute Gasteiger partial charge is 0.497 e. The van der Waals surface area contributed by atoms with Crippen LogP contribution in [0, 0.1) is 5.82 Å². The molecule has 0 saturated heterocycles. The summed E-state index contributed by atoms with van der Waals surface area (Å²) in [5.74, 6) is 0.437. The van der Waals surface area contributed by atoms with Gasteiger partial charge in [-0.3, -0.25) is 9.79 Å². The van der Waals surface area contributed by atoms with Gasteiger partial charge in [-0.2, -0.15) is 0 Å². The number of allylic oxidation sites excluding steroid dienone is 2. The summed E-state index contributed by atoms with van der Waals surface area (Å²) in [6.07, 6.45) is 7.01. The number of hydrogen-bond donors (Lipinski definition) is 1. The molecule has 2 aromatic carbocycles. The zero-order valence-corrected chi connectivity index (χ0v) is 17.9. The molecule has 5 nitrogen and oxygen atoms in total. The number of methoxy groups -OCH3 is 1. The maximum Gasteiger partial charge on any atom is 0.246 e. The number of rotatable bonds is 12. The third-order valence-corrected chi connectivity index (χ3v) is 5.08. The van der Waals surface area contributed by atoms with E-state index in [1.165, 1.54) is 12.1 Å². The summed E-state index contributed by atoms with van der Waals surface area (Å²) in [6.45, 7) is 0.938. The number of halogens is 1. The standard InChI is InChI=1S/C25H29FN2O3/c1-30-23-13-8-20(9-14-23)24-15-12-22(28-24)5-3-2-4-16-27-25(29)18-31-17-19-6-10-21(26)11-7-19/h6-14H,2-5,15-18H2,1H3,(H,27,29). The molecule has 1 heterocycles. The van der Waals surface area contributed by atoms with Gasteiger partial charge >= 0.3 is 0 Å². The van der Waals surface area contributed by atoms with Gasteiger partial charge in [0.25, 0.3) is 0 Å². The normalized spacial score (nSPS) is 13.0. The second kappa shape index (κ2) is 12.0. The van der Waals surface area contributed by atoms with E-state index in [9.17, 15) is 9.18 Å². The number of carbonyl (C=O) groups is 1. The van der Waals surface area contributed by atoms with Crippen LogP contribution in [0.4, 0.5) is 4.39 Å². The van der Waals surface area contributed by atoms with E-state index in [-0.39, 0.29) is 18.3 Å². The Morgan fingerprint density at radius 1 is 1.06 bits per heavy atom. The summed E-state index contributed by atoms with van der Waals surface area (Å²) >= 11 is 0. The van der Waals surface area contributed by atoms with Crippen LogP contribution in [0.1, 0.15) is 43.2 Å². The summed E-state index contributed by atoms with van der Waals surface area (Å²) in [5, 5.41) is 2.87. The number of ether oxygens (including phenoxy) is 2. The lowest BCUT2D eigenvalue weighted by Crippen LogP contribution is -2.28. The van der Waals surface area contributed by atoms with Crippen LogP contribution in [-0.2, 0) is 16.1 Å². The van der Waals surface area contributed by atoms with Crippen LogP contribution >= 0.6 is 0 Å². The molecular weight excluding hydrogens is 395 g/mol. The van der Waals surface area contributed by atoms with Crippen LogP contribution in [0.5, 0.6) is 5.75 Å². The highest BCUT2D eigenvalue weighted by Gasteiger charge is 2.11. The van der Waals surface area contributed by atoms with Crippen molar-refractivity contribution in [2.45, 2.75) is 38.7 Å². The molecule has 0 unspecified atom stereocenters. The van der Waals surface area contributed by atoms with Crippen LogP contribution in [0.15, 0.2) is 65.3 Å². The first-order chi connectivity index (χ1) is 15.1. The molecule has 1 aliphatic rings. The number of hydrogen-bond acceptors (Lipinski definition) is 4. The van der Waals surface area contributed by atoms with Gasteiger partial charge in [0.15, 0.2) is 0 Å². The zero-order chi connectivity index (χ0) is 21.9. The molecular formula is C25H29FN2O3. The van der Waals surface area contributed by atoms with Gasteiger partial charge in [0.2, 0.25) is 5.91 Å². The summed E-state index contributed by atoms with van der Waals surface area (Å²) in [7, 11) is 1.66. The number of nitrogens with one attached hydrogen (secondary N) is 1. The number of benzene rings is 2. The lowest BCUT2D eigenvalue weighted by Gasteiger charge is -2.07. The van der Waals surface area contributed by atoms with Crippen molar-refractivity contribution >= 4 is 11.6 Å². The molecule has 164 valence electrons. The van der Waals surface area contributed by atoms with Crippen molar-refractivity contribution in [1.82, 2.24) is 5.32 Å². The SMILES string of the molecule is COc1ccc(C2=NC(CCCCCNC(=O)COCc3ccc(F)cc3)=CC2)cc1. The smallest absolute Gasteiger partial charge is 0.246 e. The number of amides is 1. The fourth-order valence-corrected chi connectivity index (χ4v) is 3.33. The topological polar surface area (TPSA) is 59.9 Å². The van der Waals surface area contributed by atoms with Crippen molar-refractivity contribution in [2.75, 3.05) is 20.3 Å². The van der Waals surface area contributed by atoms with Crippen molar-refractivity contribution in [1.29, 1.82) is 0 Å². The first-order valence-corrected chi connectivity index (χ1v) is 10.6. The predicted octanol–water partition coefficient (Wildman–Crippen LogP) is 4.80. The van der Waals surface area contributed by atoms with Crippen molar-refractivity contribution < 1.29 is 18.7 Å². The maximum atomic E-state index is 12.8. The van der Waals surface area contributed by atoms with Gasteiger partial charge in [0, 0.05) is 18.7 Å². The fraction of sp³-hybridized carbons (Fsp3) is 0.360. The Hall–Kier alpha value is -2.99. The first kappa shape index (κ1) is 22.7. The quantitative estimate of drug-likeness (QED) is 0.498. The summed E-state index contributed by atoms with van der Waals surface area (Å²) < 4.78 is 23.4. The highest BCUT2D eigenvalue weighted by molar-refractivity contribution is 6.03. The Morgan fingerprint density at radius 3 is 2.58 bits per heavy atom. The molecule has 3 rings (SSSR count). The molecule has 0 fully saturated rings. The third kappa shape index (κ3) is 7.64. The van der Waals surface area contributed by atoms with E-state index in [1.54, 1.807) is 19.2 Å². The van der Waals surface area contributed by atoms with Crippen molar-refractivity contribution in [3.8, 4) is 5.75 Å². The van der Waals surface area contributed by atoms with E-state index in [0.717, 1.165) is 60.4 Å². The monoisotopic (exact) mass is 424 g/mol. The van der Waals surface area contributed by atoms with E-state index in [4.69, 9.17) is 14.5 Å². The molecule has 1 aliphatic heterocycles. The second-order valence-corrected chi connectivity index (χ2v) is 7.47. The minimum Gasteiger partial charge on any atom is -0.497 e. The number of nitrogens with zero attached hydrogens (tertiary/aromatic N) is 1. The van der Waals surface area contributed by atoms with Crippen LogP contribution in [0.25, 0.3) is 0 Å². The van der Waals surface area contributed by atoms with Gasteiger partial charge in [-0.05, 0) is 66.8 Å². The maximum absolute atomic E-state index is 12.8. The fourth-order valence-electron chi connectivity index (χ4n) is 3.33. The van der Waals surface area contributed by atoms with Crippen molar-refractivity contribution in [3.63, 3.8) is 0 Å². The lowest BCUT2D eigenvalue weighted by atomic mass is 10.1. The predicted molar refractivity (Wildman–Crippen MR) is 120 cm³/mol. The highest BCUT2D eigenvalue weighted by Crippen LogP contribution is 2.22. The van der Waals surface area contributed by atoms with Gasteiger partial charge in [0.05, 0.1) is 19.4 Å². The molecule has 1 N–H and O–H groups in total. The minimum absolute atomic E-state index is 0.00706. The van der Waals surface area contributed by atoms with Gasteiger partial charge in [-0.15, -0.1) is 0 Å². The van der Waals surface area contributed by atoms with Gasteiger partial charge in [0.1, 0.15) is 18.2 Å². The van der Waals surface area contributed by atoms with Gasteiger partial charge < -0.3 is 14.8 Å². The molecule has 0 aromatic heterocycles. The molecule has 31 heavy (non-hydrogen) atoms. The third-order valence-electron chi connectivity index (χ3n) is 5.08. The average Bonchev–Trinajstić information content (AvgIpc) is 3.26. The van der Waals surface area contributed by atoms with Crippen molar-refractivity contribution in [2.24, 2.45) is 4.99 Å². The number of aliphatic imine (C=N–C) groups is 1. The minimum atomic E-state index is -0.282. The average molecular weight is 425 g/mol. The van der Waals surface area contributed by atoms with Crippen LogP contribution in [0.3, 0.4) is 0 Å². The zero-order valence-electron chi connectivity index (χ0n) is 17.9. The van der Waals surface area contributed by atoms with E-state index in [2.05, 4.69) is 11.4 Å². The Bertz CT molecular complexity index is 905. The first-order valence-electron chi connectivity index (χ1n) is 10.6. The van der Waals surface area contributed by atoms with Crippen molar-refractivity contribution in [3.05, 3.63) is 77.2 Å². The summed E-state index contributed by atoms with van der Waals surface area (Å²) in [5.41, 5.74) is 4.22. The van der Waals surface area contributed by atoms with E-state index in [1.807, 2.05) is 24.3 Å². The molecule has 0 aliphatic carbocycles. The summed E-state index contributed by atoms with van der Waals surface area (Å²) in [6, 6.07) is 14.1. The van der Waals surface area contributed by atoms with E-state index < -0.39 is 0 Å². The number of unbranched alkanes of at least 4 members (excludes halogenated alkanes) is 2. The molecule has 0 radical (unpaired) electrons. The van der Waals surface area contributed by atoms with E-state index >= 15 is 0 Å². The molecule has 2 aromatic rings. The summed E-state index contributed by atoms with van der Waals surface area (Å²) in [4.78, 5) is 16.6. The Morgan fingerprint density at radius 2 is 1.84 bits per heavy atom. The highest BCUT2D eigenvalue weighted by atomic mass is 19.1. The molecule has 0 spiro atoms. The van der Waals surface area contributed by atoms with E-state index in [0.29, 0.717) is 13.2 Å². The number of carbonyl (C=O) groups excluding carboxylic acids is 1. The molecule has 1 amide bonds. The van der Waals surface area contributed by atoms with Gasteiger partial charge in [-0.25, -0.2) is 4.39 Å². The second-order valence-electron chi connectivity index (χ2n) is 7.47. The molecule has 0 bridgehead atoms. The Kier molecular flexibility index (Phi) is 8.79. The molecule has 0 atom stereocenters. The Balaban J connectivity index is 1.24. The molecule has 6 heteroatoms. The lowest BCUT2D eigenvalue weighted by molar-refractivity contribution is -0.126.